The molecule has 1 aromatic heterocycles. The summed E-state index contributed by atoms with van der Waals surface area (Å²) >= 11 is 1.42. The van der Waals surface area contributed by atoms with Gasteiger partial charge in [-0.2, -0.15) is 0 Å². The maximum absolute atomic E-state index is 12.7. The van der Waals surface area contributed by atoms with Crippen molar-refractivity contribution < 1.29 is 9.59 Å². The Bertz CT molecular complexity index is 1050. The van der Waals surface area contributed by atoms with E-state index in [0.717, 1.165) is 16.1 Å². The summed E-state index contributed by atoms with van der Waals surface area (Å²) in [5, 5.41) is 3.58. The van der Waals surface area contributed by atoms with E-state index >= 15 is 0 Å². The molecule has 0 aliphatic carbocycles. The zero-order valence-electron chi connectivity index (χ0n) is 14.9. The third-order valence-electron chi connectivity index (χ3n) is 4.41. The molecular formula is C21H17N3O2S. The van der Waals surface area contributed by atoms with Crippen molar-refractivity contribution in [2.24, 2.45) is 0 Å². The number of fused-ring (bicyclic) bond motifs is 2. The minimum absolute atomic E-state index is 0.0965. The lowest BCUT2D eigenvalue weighted by Gasteiger charge is -2.18. The fourth-order valence-electron chi connectivity index (χ4n) is 2.89. The Balaban J connectivity index is 1.66. The van der Waals surface area contributed by atoms with Crippen LogP contribution < -0.4 is 10.2 Å². The average Bonchev–Trinajstić information content (AvgIpc) is 2.77. The number of anilines is 2. The van der Waals surface area contributed by atoms with Crippen molar-refractivity contribution in [2.45, 2.75) is 16.8 Å². The predicted octanol–water partition coefficient (Wildman–Crippen LogP) is 4.38. The molecule has 0 saturated heterocycles. The van der Waals surface area contributed by atoms with Gasteiger partial charge < -0.3 is 10.2 Å². The predicted molar refractivity (Wildman–Crippen MR) is 107 cm³/mol. The lowest BCUT2D eigenvalue weighted by Crippen LogP contribution is -2.26. The monoisotopic (exact) mass is 375 g/mol. The van der Waals surface area contributed by atoms with Crippen LogP contribution in [0.4, 0.5) is 11.4 Å². The van der Waals surface area contributed by atoms with Crippen LogP contribution in [0.15, 0.2) is 70.7 Å². The summed E-state index contributed by atoms with van der Waals surface area (Å²) in [5.41, 5.74) is 3.74. The van der Waals surface area contributed by atoms with Gasteiger partial charge in [-0.3, -0.25) is 9.59 Å². The zero-order chi connectivity index (χ0) is 19.0. The third-order valence-corrected chi connectivity index (χ3v) is 5.47. The zero-order valence-corrected chi connectivity index (χ0v) is 15.7. The van der Waals surface area contributed by atoms with Crippen molar-refractivity contribution in [1.29, 1.82) is 0 Å². The molecule has 1 N–H and O–H groups in total. The van der Waals surface area contributed by atoms with Crippen LogP contribution >= 0.6 is 11.8 Å². The summed E-state index contributed by atoms with van der Waals surface area (Å²) in [6.45, 7) is 1.98. The molecule has 6 heteroatoms. The standard InChI is InChI=1S/C21H17N3O2S/c1-13-5-7-14(8-6-13)19(25)23-15-9-10-17-18(12-15)27-20-16(4-3-11-22-20)21(26)24(17)2/h3-12H,1-2H3,(H,23,25). The van der Waals surface area contributed by atoms with Gasteiger partial charge in [-0.25, -0.2) is 4.98 Å². The Morgan fingerprint density at radius 3 is 2.67 bits per heavy atom. The van der Waals surface area contributed by atoms with Crippen LogP contribution in [0.1, 0.15) is 26.3 Å². The van der Waals surface area contributed by atoms with Gasteiger partial charge in [0.05, 0.1) is 11.3 Å². The van der Waals surface area contributed by atoms with E-state index in [1.807, 2.05) is 31.2 Å². The Hall–Kier alpha value is -3.12. The number of aromatic nitrogens is 1. The minimum Gasteiger partial charge on any atom is -0.322 e. The number of carbonyl (C=O) groups excluding carboxylic acids is 2. The molecule has 1 aliphatic heterocycles. The van der Waals surface area contributed by atoms with Gasteiger partial charge in [0.25, 0.3) is 11.8 Å². The van der Waals surface area contributed by atoms with E-state index in [9.17, 15) is 9.59 Å². The van der Waals surface area contributed by atoms with E-state index in [1.54, 1.807) is 48.5 Å². The highest BCUT2D eigenvalue weighted by Crippen LogP contribution is 2.41. The molecule has 1 aliphatic rings. The number of hydrogen-bond acceptors (Lipinski definition) is 4. The molecule has 2 aromatic carbocycles. The summed E-state index contributed by atoms with van der Waals surface area (Å²) in [4.78, 5) is 32.0. The van der Waals surface area contributed by atoms with Crippen LogP contribution in [-0.2, 0) is 0 Å². The Morgan fingerprint density at radius 1 is 1.11 bits per heavy atom. The number of amides is 2. The van der Waals surface area contributed by atoms with E-state index < -0.39 is 0 Å². The van der Waals surface area contributed by atoms with Crippen LogP contribution in [0.2, 0.25) is 0 Å². The molecule has 4 rings (SSSR count). The van der Waals surface area contributed by atoms with Crippen molar-refractivity contribution in [3.8, 4) is 0 Å². The molecule has 0 bridgehead atoms. The number of aryl methyl sites for hydroxylation is 1. The second-order valence-corrected chi connectivity index (χ2v) is 7.36. The SMILES string of the molecule is Cc1ccc(C(=O)Nc2ccc3c(c2)Sc2ncccc2C(=O)N3C)cc1. The number of carbonyl (C=O) groups is 2. The molecule has 0 unspecified atom stereocenters. The average molecular weight is 375 g/mol. The van der Waals surface area contributed by atoms with Gasteiger partial charge in [-0.05, 0) is 49.4 Å². The normalized spacial score (nSPS) is 12.8. The molecule has 2 amide bonds. The maximum atomic E-state index is 12.7. The summed E-state index contributed by atoms with van der Waals surface area (Å²) in [6.07, 6.45) is 1.67. The minimum atomic E-state index is -0.170. The fourth-order valence-corrected chi connectivity index (χ4v) is 3.97. The van der Waals surface area contributed by atoms with E-state index in [0.29, 0.717) is 21.8 Å². The molecule has 0 saturated carbocycles. The Morgan fingerprint density at radius 2 is 1.89 bits per heavy atom. The van der Waals surface area contributed by atoms with Crippen LogP contribution in [0, 0.1) is 6.92 Å². The first-order valence-corrected chi connectivity index (χ1v) is 9.27. The molecular weight excluding hydrogens is 358 g/mol. The summed E-state index contributed by atoms with van der Waals surface area (Å²) in [5.74, 6) is -0.266. The molecule has 0 spiro atoms. The number of rotatable bonds is 2. The Kier molecular flexibility index (Phi) is 4.41. The van der Waals surface area contributed by atoms with Crippen molar-refractivity contribution in [3.05, 3.63) is 77.5 Å². The third kappa shape index (κ3) is 3.31. The molecule has 2 heterocycles. The van der Waals surface area contributed by atoms with Gasteiger partial charge in [0.1, 0.15) is 5.03 Å². The summed E-state index contributed by atoms with van der Waals surface area (Å²) in [7, 11) is 1.74. The molecule has 0 radical (unpaired) electrons. The molecule has 5 nitrogen and oxygen atoms in total. The van der Waals surface area contributed by atoms with Gasteiger partial charge in [0, 0.05) is 29.4 Å². The second kappa shape index (κ2) is 6.89. The molecule has 3 aromatic rings. The highest BCUT2D eigenvalue weighted by atomic mass is 32.2. The molecule has 0 atom stereocenters. The maximum Gasteiger partial charge on any atom is 0.260 e. The molecule has 134 valence electrons. The topological polar surface area (TPSA) is 62.3 Å². The summed E-state index contributed by atoms with van der Waals surface area (Å²) in [6, 6.07) is 16.5. The number of nitrogens with zero attached hydrogens (tertiary/aromatic N) is 2. The fraction of sp³-hybridized carbons (Fsp3) is 0.0952. The van der Waals surface area contributed by atoms with Crippen molar-refractivity contribution in [3.63, 3.8) is 0 Å². The highest BCUT2D eigenvalue weighted by molar-refractivity contribution is 7.99. The van der Waals surface area contributed by atoms with E-state index in [4.69, 9.17) is 0 Å². The van der Waals surface area contributed by atoms with Crippen LogP contribution in [0.25, 0.3) is 0 Å². The van der Waals surface area contributed by atoms with Crippen LogP contribution in [-0.4, -0.2) is 23.8 Å². The molecule has 27 heavy (non-hydrogen) atoms. The van der Waals surface area contributed by atoms with Crippen molar-refractivity contribution in [1.82, 2.24) is 4.98 Å². The van der Waals surface area contributed by atoms with Gasteiger partial charge in [0.2, 0.25) is 0 Å². The number of pyridine rings is 1. The van der Waals surface area contributed by atoms with Gasteiger partial charge >= 0.3 is 0 Å². The van der Waals surface area contributed by atoms with Crippen molar-refractivity contribution in [2.75, 3.05) is 17.3 Å². The number of benzene rings is 2. The number of nitrogens with one attached hydrogen (secondary N) is 1. The first-order chi connectivity index (χ1) is 13.0. The lowest BCUT2D eigenvalue weighted by molar-refractivity contribution is 0.0987. The largest absolute Gasteiger partial charge is 0.322 e. The highest BCUT2D eigenvalue weighted by Gasteiger charge is 2.25. The van der Waals surface area contributed by atoms with Gasteiger partial charge in [-0.1, -0.05) is 29.5 Å². The van der Waals surface area contributed by atoms with Gasteiger partial charge in [-0.15, -0.1) is 0 Å². The van der Waals surface area contributed by atoms with Gasteiger partial charge in [0.15, 0.2) is 0 Å². The first kappa shape index (κ1) is 17.3. The summed E-state index contributed by atoms with van der Waals surface area (Å²) < 4.78 is 0. The first-order valence-electron chi connectivity index (χ1n) is 8.46. The van der Waals surface area contributed by atoms with E-state index in [1.165, 1.54) is 11.8 Å². The van der Waals surface area contributed by atoms with Crippen molar-refractivity contribution >= 4 is 35.0 Å². The number of hydrogen-bond donors (Lipinski definition) is 1. The smallest absolute Gasteiger partial charge is 0.260 e. The van der Waals surface area contributed by atoms with E-state index in [-0.39, 0.29) is 11.8 Å². The molecule has 0 fully saturated rings. The second-order valence-electron chi connectivity index (χ2n) is 6.33. The van der Waals surface area contributed by atoms with Crippen LogP contribution in [0.3, 0.4) is 0 Å². The Labute approximate surface area is 161 Å². The quantitative estimate of drug-likeness (QED) is 0.722. The lowest BCUT2D eigenvalue weighted by atomic mass is 10.1. The van der Waals surface area contributed by atoms with E-state index in [2.05, 4.69) is 10.3 Å². The van der Waals surface area contributed by atoms with Crippen LogP contribution in [0.5, 0.6) is 0 Å².